The van der Waals surface area contributed by atoms with Gasteiger partial charge < -0.3 is 10.1 Å². The van der Waals surface area contributed by atoms with Crippen molar-refractivity contribution in [3.63, 3.8) is 0 Å². The summed E-state index contributed by atoms with van der Waals surface area (Å²) in [6, 6.07) is 0. The molecule has 2 rings (SSSR count). The van der Waals surface area contributed by atoms with Crippen LogP contribution >= 0.6 is 0 Å². The van der Waals surface area contributed by atoms with Crippen LogP contribution in [-0.4, -0.2) is 16.6 Å². The molecule has 0 amide bonds. The summed E-state index contributed by atoms with van der Waals surface area (Å²) in [4.78, 5) is 9.30. The second kappa shape index (κ2) is 5.10. The largest absolute Gasteiger partial charge is 0.371 e. The van der Waals surface area contributed by atoms with Crippen LogP contribution in [0.4, 0.5) is 0 Å². The summed E-state index contributed by atoms with van der Waals surface area (Å²) in [5.74, 6) is 1.25. The number of aromatic nitrogens is 2. The van der Waals surface area contributed by atoms with Crippen molar-refractivity contribution < 1.29 is 4.74 Å². The highest BCUT2D eigenvalue weighted by Crippen LogP contribution is 2.25. The molecule has 1 aliphatic rings. The highest BCUT2D eigenvalue weighted by molar-refractivity contribution is 5.31. The Kier molecular flexibility index (Phi) is 3.74. The quantitative estimate of drug-likeness (QED) is 0.870. The fourth-order valence-electron chi connectivity index (χ4n) is 2.20. The zero-order chi connectivity index (χ0) is 12.4. The maximum Gasteiger partial charge on any atom is 0.157 e. The predicted molar refractivity (Wildman–Crippen MR) is 66.7 cm³/mol. The van der Waals surface area contributed by atoms with Crippen LogP contribution in [0.15, 0.2) is 0 Å². The summed E-state index contributed by atoms with van der Waals surface area (Å²) in [5, 5.41) is 3.34. The van der Waals surface area contributed by atoms with Gasteiger partial charge in [0.2, 0.25) is 0 Å². The lowest BCUT2D eigenvalue weighted by Crippen LogP contribution is -2.11. The first-order chi connectivity index (χ1) is 8.13. The maximum atomic E-state index is 5.58. The van der Waals surface area contributed by atoms with Gasteiger partial charge in [-0.15, -0.1) is 0 Å². The van der Waals surface area contributed by atoms with Gasteiger partial charge in [0.25, 0.3) is 0 Å². The Morgan fingerprint density at radius 2 is 2.00 bits per heavy atom. The number of hydrogen-bond donors (Lipinski definition) is 1. The predicted octanol–water partition coefficient (Wildman–Crippen LogP) is 2.30. The molecule has 1 N–H and O–H groups in total. The number of nitrogens with one attached hydrogen (secondary N) is 1. The third-order valence-corrected chi connectivity index (χ3v) is 3.06. The number of hydrogen-bond acceptors (Lipinski definition) is 4. The molecular formula is C13H21N3O. The first kappa shape index (κ1) is 12.5. The van der Waals surface area contributed by atoms with E-state index in [-0.39, 0.29) is 6.10 Å². The molecule has 0 bridgehead atoms. The molecule has 1 aromatic heterocycles. The topological polar surface area (TPSA) is 47.0 Å². The van der Waals surface area contributed by atoms with Crippen LogP contribution in [0.2, 0.25) is 0 Å². The van der Waals surface area contributed by atoms with Gasteiger partial charge in [-0.05, 0) is 19.8 Å². The van der Waals surface area contributed by atoms with Crippen molar-refractivity contribution in [3.05, 3.63) is 22.8 Å². The molecule has 0 saturated carbocycles. The number of rotatable bonds is 4. The first-order valence-corrected chi connectivity index (χ1v) is 6.35. The third kappa shape index (κ3) is 2.48. The van der Waals surface area contributed by atoms with Gasteiger partial charge in [-0.25, -0.2) is 9.97 Å². The van der Waals surface area contributed by atoms with E-state index >= 15 is 0 Å². The van der Waals surface area contributed by atoms with E-state index in [4.69, 9.17) is 4.74 Å². The Labute approximate surface area is 103 Å². The van der Waals surface area contributed by atoms with Crippen molar-refractivity contribution in [3.8, 4) is 0 Å². The molecule has 0 saturated heterocycles. The molecule has 0 radical (unpaired) electrons. The molecule has 1 aromatic rings. The smallest absolute Gasteiger partial charge is 0.157 e. The minimum absolute atomic E-state index is 0.0246. The van der Waals surface area contributed by atoms with Gasteiger partial charge in [0, 0.05) is 25.3 Å². The minimum Gasteiger partial charge on any atom is -0.371 e. The highest BCUT2D eigenvalue weighted by Gasteiger charge is 2.22. The lowest BCUT2D eigenvalue weighted by molar-refractivity contribution is 0.0697. The summed E-state index contributed by atoms with van der Waals surface area (Å²) in [6.07, 6.45) is -0.0246. The van der Waals surface area contributed by atoms with Gasteiger partial charge in [-0.2, -0.15) is 0 Å². The van der Waals surface area contributed by atoms with Crippen LogP contribution < -0.4 is 5.32 Å². The summed E-state index contributed by atoms with van der Waals surface area (Å²) < 4.78 is 5.58. The molecule has 4 heteroatoms. The Morgan fingerprint density at radius 1 is 1.24 bits per heavy atom. The highest BCUT2D eigenvalue weighted by atomic mass is 16.5. The van der Waals surface area contributed by atoms with Crippen molar-refractivity contribution >= 4 is 0 Å². The molecule has 2 heterocycles. The summed E-state index contributed by atoms with van der Waals surface area (Å²) >= 11 is 0. The standard InChI is InChI=1S/C13H21N3O/c1-5-17-9(4)13-15-11-7-14-6-10(11)12(16-13)8(2)3/h8-9,14H,5-7H2,1-4H3. The number of fused-ring (bicyclic) bond motifs is 1. The van der Waals surface area contributed by atoms with E-state index in [9.17, 15) is 0 Å². The zero-order valence-electron chi connectivity index (χ0n) is 11.1. The molecular weight excluding hydrogens is 214 g/mol. The lowest BCUT2D eigenvalue weighted by atomic mass is 10.0. The Morgan fingerprint density at radius 3 is 2.65 bits per heavy atom. The van der Waals surface area contributed by atoms with Crippen LogP contribution in [-0.2, 0) is 17.8 Å². The molecule has 0 spiro atoms. The Hall–Kier alpha value is -1.00. The van der Waals surface area contributed by atoms with Crippen molar-refractivity contribution in [2.45, 2.75) is 52.8 Å². The molecule has 1 unspecified atom stereocenters. The Bertz CT molecular complexity index is 404. The molecule has 1 atom stereocenters. The molecule has 0 aliphatic carbocycles. The molecule has 94 valence electrons. The van der Waals surface area contributed by atoms with E-state index in [0.717, 1.165) is 24.6 Å². The monoisotopic (exact) mass is 235 g/mol. The number of nitrogens with zero attached hydrogens (tertiary/aromatic N) is 2. The maximum absolute atomic E-state index is 5.58. The van der Waals surface area contributed by atoms with Crippen LogP contribution in [0, 0.1) is 0 Å². The fraction of sp³-hybridized carbons (Fsp3) is 0.692. The average molecular weight is 235 g/mol. The molecule has 0 fully saturated rings. The molecule has 0 aromatic carbocycles. The Balaban J connectivity index is 2.39. The average Bonchev–Trinajstić information content (AvgIpc) is 2.75. The SMILES string of the molecule is CCOC(C)c1nc2c(c(C(C)C)n1)CNC2. The van der Waals surface area contributed by atoms with E-state index in [0.29, 0.717) is 12.5 Å². The van der Waals surface area contributed by atoms with Gasteiger partial charge in [0.1, 0.15) is 6.10 Å². The van der Waals surface area contributed by atoms with E-state index in [1.54, 1.807) is 0 Å². The summed E-state index contributed by atoms with van der Waals surface area (Å²) in [7, 11) is 0. The molecule has 17 heavy (non-hydrogen) atoms. The van der Waals surface area contributed by atoms with Crippen LogP contribution in [0.1, 0.15) is 62.5 Å². The van der Waals surface area contributed by atoms with Crippen molar-refractivity contribution in [2.24, 2.45) is 0 Å². The van der Waals surface area contributed by atoms with Gasteiger partial charge in [0.15, 0.2) is 5.82 Å². The van der Waals surface area contributed by atoms with Gasteiger partial charge in [0.05, 0.1) is 11.4 Å². The molecule has 1 aliphatic heterocycles. The van der Waals surface area contributed by atoms with Crippen molar-refractivity contribution in [1.29, 1.82) is 0 Å². The van der Waals surface area contributed by atoms with Gasteiger partial charge in [-0.1, -0.05) is 13.8 Å². The third-order valence-electron chi connectivity index (χ3n) is 3.06. The van der Waals surface area contributed by atoms with E-state index in [1.165, 1.54) is 11.3 Å². The summed E-state index contributed by atoms with van der Waals surface area (Å²) in [5.41, 5.74) is 3.60. The first-order valence-electron chi connectivity index (χ1n) is 6.35. The van der Waals surface area contributed by atoms with E-state index < -0.39 is 0 Å². The lowest BCUT2D eigenvalue weighted by Gasteiger charge is -2.15. The van der Waals surface area contributed by atoms with Crippen LogP contribution in [0.25, 0.3) is 0 Å². The zero-order valence-corrected chi connectivity index (χ0v) is 11.1. The van der Waals surface area contributed by atoms with Crippen molar-refractivity contribution in [2.75, 3.05) is 6.61 Å². The fourth-order valence-corrected chi connectivity index (χ4v) is 2.20. The van der Waals surface area contributed by atoms with E-state index in [2.05, 4.69) is 29.1 Å². The normalized spacial score (nSPS) is 16.3. The second-order valence-electron chi connectivity index (χ2n) is 4.75. The van der Waals surface area contributed by atoms with Gasteiger partial charge in [-0.3, -0.25) is 0 Å². The van der Waals surface area contributed by atoms with Crippen LogP contribution in [0.5, 0.6) is 0 Å². The second-order valence-corrected chi connectivity index (χ2v) is 4.75. The summed E-state index contributed by atoms with van der Waals surface area (Å²) in [6.45, 7) is 10.8. The number of ether oxygens (including phenoxy) is 1. The van der Waals surface area contributed by atoms with Crippen LogP contribution in [0.3, 0.4) is 0 Å². The van der Waals surface area contributed by atoms with E-state index in [1.807, 2.05) is 13.8 Å². The minimum atomic E-state index is -0.0246. The van der Waals surface area contributed by atoms with Gasteiger partial charge >= 0.3 is 0 Å². The van der Waals surface area contributed by atoms with Crippen molar-refractivity contribution in [1.82, 2.24) is 15.3 Å². The molecule has 4 nitrogen and oxygen atoms in total.